The second-order valence-electron chi connectivity index (χ2n) is 5.39. The van der Waals surface area contributed by atoms with Crippen LogP contribution in [0.2, 0.25) is 0 Å². The number of hydrogen-bond donors (Lipinski definition) is 1. The molecule has 3 aliphatic heterocycles. The molecule has 3 nitrogen and oxygen atoms in total. The predicted octanol–water partition coefficient (Wildman–Crippen LogP) is 1.13. The summed E-state index contributed by atoms with van der Waals surface area (Å²) >= 11 is 0. The van der Waals surface area contributed by atoms with Crippen molar-refractivity contribution in [3.8, 4) is 0 Å². The van der Waals surface area contributed by atoms with Gasteiger partial charge in [0.2, 0.25) is 0 Å². The van der Waals surface area contributed by atoms with E-state index in [1.807, 2.05) is 0 Å². The van der Waals surface area contributed by atoms with Crippen LogP contribution in [-0.4, -0.2) is 50.3 Å². The number of nitrogens with zero attached hydrogens (tertiary/aromatic N) is 1. The fraction of sp³-hybridized carbons (Fsp3) is 1.00. The summed E-state index contributed by atoms with van der Waals surface area (Å²) < 4.78 is 5.45. The van der Waals surface area contributed by atoms with Gasteiger partial charge in [-0.25, -0.2) is 0 Å². The average Bonchev–Trinajstić information content (AvgIpc) is 2.87. The van der Waals surface area contributed by atoms with E-state index in [2.05, 4.69) is 10.2 Å². The Balaban J connectivity index is 0.000000963. The van der Waals surface area contributed by atoms with Crippen molar-refractivity contribution in [1.29, 1.82) is 0 Å². The molecule has 0 radical (unpaired) electrons. The van der Waals surface area contributed by atoms with E-state index in [1.165, 1.54) is 45.4 Å². The number of piperidine rings is 1. The zero-order valence-electron chi connectivity index (χ0n) is 9.86. The van der Waals surface area contributed by atoms with E-state index in [1.54, 1.807) is 0 Å². The van der Waals surface area contributed by atoms with Gasteiger partial charge in [-0.05, 0) is 44.2 Å². The maximum Gasteiger partial charge on any atom is 0.0507 e. The maximum atomic E-state index is 5.45. The van der Waals surface area contributed by atoms with E-state index < -0.39 is 0 Å². The van der Waals surface area contributed by atoms with Gasteiger partial charge in [0.05, 0.1) is 6.61 Å². The van der Waals surface area contributed by atoms with Gasteiger partial charge >= 0.3 is 0 Å². The lowest BCUT2D eigenvalue weighted by molar-refractivity contribution is 0.128. The van der Waals surface area contributed by atoms with Gasteiger partial charge in [-0.2, -0.15) is 0 Å². The van der Waals surface area contributed by atoms with Gasteiger partial charge in [0.1, 0.15) is 0 Å². The summed E-state index contributed by atoms with van der Waals surface area (Å²) in [7, 11) is 0. The first-order chi connectivity index (χ1) is 7.42. The number of ether oxygens (including phenoxy) is 1. The minimum Gasteiger partial charge on any atom is -0.381 e. The van der Waals surface area contributed by atoms with Crippen molar-refractivity contribution in [2.45, 2.75) is 25.3 Å². The van der Waals surface area contributed by atoms with Crippen molar-refractivity contribution in [2.24, 2.45) is 11.8 Å². The van der Waals surface area contributed by atoms with E-state index in [4.69, 9.17) is 4.74 Å². The van der Waals surface area contributed by atoms with Gasteiger partial charge in [-0.1, -0.05) is 0 Å². The molecule has 0 amide bonds. The third-order valence-corrected chi connectivity index (χ3v) is 4.28. The Labute approximate surface area is 104 Å². The molecule has 3 rings (SSSR count). The summed E-state index contributed by atoms with van der Waals surface area (Å²) in [5.41, 5.74) is 0. The summed E-state index contributed by atoms with van der Waals surface area (Å²) in [5, 5.41) is 3.62. The number of halogens is 1. The van der Waals surface area contributed by atoms with Gasteiger partial charge in [-0.15, -0.1) is 12.4 Å². The molecule has 3 unspecified atom stereocenters. The number of nitrogens with one attached hydrogen (secondary N) is 1. The molecule has 3 saturated heterocycles. The van der Waals surface area contributed by atoms with Crippen molar-refractivity contribution in [3.63, 3.8) is 0 Å². The van der Waals surface area contributed by atoms with Gasteiger partial charge in [-0.3, -0.25) is 0 Å². The normalized spacial score (nSPS) is 39.4. The standard InChI is InChI=1S/C12H22N2O.ClH/c1-4-13-12-2-5-14(8-11(1)12)7-10-3-6-15-9-10;/h10-13H,1-9H2;1H. The molecule has 0 aliphatic carbocycles. The van der Waals surface area contributed by atoms with Crippen molar-refractivity contribution in [3.05, 3.63) is 0 Å². The lowest BCUT2D eigenvalue weighted by Crippen LogP contribution is -2.45. The van der Waals surface area contributed by atoms with Crippen LogP contribution in [-0.2, 0) is 4.74 Å². The zero-order valence-corrected chi connectivity index (χ0v) is 10.7. The molecule has 3 heterocycles. The Kier molecular flexibility index (Phi) is 4.48. The van der Waals surface area contributed by atoms with Crippen LogP contribution >= 0.6 is 12.4 Å². The summed E-state index contributed by atoms with van der Waals surface area (Å²) in [6, 6.07) is 0.834. The average molecular weight is 247 g/mol. The van der Waals surface area contributed by atoms with Gasteiger partial charge in [0.25, 0.3) is 0 Å². The first-order valence-corrected chi connectivity index (χ1v) is 6.45. The molecule has 0 aromatic rings. The molecule has 0 aromatic carbocycles. The largest absolute Gasteiger partial charge is 0.381 e. The first kappa shape index (κ1) is 12.6. The first-order valence-electron chi connectivity index (χ1n) is 6.45. The molecule has 0 spiro atoms. The quantitative estimate of drug-likeness (QED) is 0.791. The van der Waals surface area contributed by atoms with Gasteiger partial charge < -0.3 is 15.0 Å². The Morgan fingerprint density at radius 2 is 2.19 bits per heavy atom. The Morgan fingerprint density at radius 1 is 1.25 bits per heavy atom. The van der Waals surface area contributed by atoms with Crippen molar-refractivity contribution in [1.82, 2.24) is 10.2 Å². The van der Waals surface area contributed by atoms with Crippen LogP contribution in [0.3, 0.4) is 0 Å². The molecule has 0 saturated carbocycles. The molecular weight excluding hydrogens is 224 g/mol. The van der Waals surface area contributed by atoms with Crippen LogP contribution in [0.5, 0.6) is 0 Å². The molecular formula is C12H23ClN2O. The predicted molar refractivity (Wildman–Crippen MR) is 67.1 cm³/mol. The van der Waals surface area contributed by atoms with E-state index in [-0.39, 0.29) is 12.4 Å². The molecule has 4 heteroatoms. The van der Waals surface area contributed by atoms with Crippen LogP contribution in [0.4, 0.5) is 0 Å². The maximum absolute atomic E-state index is 5.45. The second-order valence-corrected chi connectivity index (χ2v) is 5.39. The molecule has 0 aromatic heterocycles. The summed E-state index contributed by atoms with van der Waals surface area (Å²) in [4.78, 5) is 2.67. The highest BCUT2D eigenvalue weighted by atomic mass is 35.5. The lowest BCUT2D eigenvalue weighted by atomic mass is 9.92. The Hall–Kier alpha value is 0.170. The highest BCUT2D eigenvalue weighted by molar-refractivity contribution is 5.85. The lowest BCUT2D eigenvalue weighted by Gasteiger charge is -2.35. The van der Waals surface area contributed by atoms with Crippen LogP contribution in [0, 0.1) is 11.8 Å². The van der Waals surface area contributed by atoms with E-state index >= 15 is 0 Å². The highest BCUT2D eigenvalue weighted by Gasteiger charge is 2.33. The number of fused-ring (bicyclic) bond motifs is 1. The highest BCUT2D eigenvalue weighted by Crippen LogP contribution is 2.26. The van der Waals surface area contributed by atoms with Crippen LogP contribution in [0.1, 0.15) is 19.3 Å². The number of rotatable bonds is 2. The fourth-order valence-corrected chi connectivity index (χ4v) is 3.38. The summed E-state index contributed by atoms with van der Waals surface area (Å²) in [6.45, 7) is 7.15. The minimum atomic E-state index is 0. The van der Waals surface area contributed by atoms with E-state index in [0.717, 1.165) is 31.1 Å². The molecule has 3 fully saturated rings. The third kappa shape index (κ3) is 2.70. The topological polar surface area (TPSA) is 24.5 Å². The van der Waals surface area contributed by atoms with Gasteiger partial charge in [0.15, 0.2) is 0 Å². The van der Waals surface area contributed by atoms with Gasteiger partial charge in [0, 0.05) is 25.7 Å². The van der Waals surface area contributed by atoms with Crippen LogP contribution < -0.4 is 5.32 Å². The fourth-order valence-electron chi connectivity index (χ4n) is 3.38. The monoisotopic (exact) mass is 246 g/mol. The van der Waals surface area contributed by atoms with Crippen molar-refractivity contribution in [2.75, 3.05) is 39.4 Å². The molecule has 3 atom stereocenters. The van der Waals surface area contributed by atoms with Crippen LogP contribution in [0.25, 0.3) is 0 Å². The van der Waals surface area contributed by atoms with Crippen molar-refractivity contribution < 1.29 is 4.74 Å². The number of hydrogen-bond acceptors (Lipinski definition) is 3. The van der Waals surface area contributed by atoms with Crippen molar-refractivity contribution >= 4 is 12.4 Å². The third-order valence-electron chi connectivity index (χ3n) is 4.28. The molecule has 16 heavy (non-hydrogen) atoms. The van der Waals surface area contributed by atoms with E-state index in [9.17, 15) is 0 Å². The SMILES string of the molecule is C1CC2CN(CC3CCOC3)CCC2N1.Cl. The number of likely N-dealkylation sites (tertiary alicyclic amines) is 1. The summed E-state index contributed by atoms with van der Waals surface area (Å²) in [5.74, 6) is 1.75. The van der Waals surface area contributed by atoms with E-state index in [0.29, 0.717) is 0 Å². The summed E-state index contributed by atoms with van der Waals surface area (Å²) in [6.07, 6.45) is 4.03. The minimum absolute atomic E-state index is 0. The molecule has 0 bridgehead atoms. The Morgan fingerprint density at radius 3 is 3.00 bits per heavy atom. The second kappa shape index (κ2) is 5.67. The molecule has 3 aliphatic rings. The smallest absolute Gasteiger partial charge is 0.0507 e. The Bertz CT molecular complexity index is 219. The zero-order chi connectivity index (χ0) is 10.1. The van der Waals surface area contributed by atoms with Crippen LogP contribution in [0.15, 0.2) is 0 Å². The molecule has 94 valence electrons. The molecule has 1 N–H and O–H groups in total.